The fourth-order valence-corrected chi connectivity index (χ4v) is 1.85. The lowest BCUT2D eigenvalue weighted by Crippen LogP contribution is -2.59. The number of aliphatic hydroxyl groups is 5. The molecule has 0 aromatic carbocycles. The molecule has 6 atom stereocenters. The third kappa shape index (κ3) is 6.30. The zero-order chi connectivity index (χ0) is 17.2. The highest BCUT2D eigenvalue weighted by Gasteiger charge is 2.43. The van der Waals surface area contributed by atoms with Gasteiger partial charge in [-0.15, -0.1) is 0 Å². The van der Waals surface area contributed by atoms with Gasteiger partial charge in [0.15, 0.2) is 6.29 Å². The monoisotopic (exact) mass is 326 g/mol. The predicted molar refractivity (Wildman–Crippen MR) is 80.7 cm³/mol. The van der Waals surface area contributed by atoms with E-state index in [1.807, 2.05) is 6.92 Å². The topological polar surface area (TPSA) is 120 Å². The second-order valence-corrected chi connectivity index (χ2v) is 4.91. The Hall–Kier alpha value is -1.42. The highest BCUT2D eigenvalue weighted by molar-refractivity contribution is 5.31. The molecule has 1 heterocycles. The van der Waals surface area contributed by atoms with E-state index in [0.717, 1.165) is 0 Å². The first-order valence-electron chi connectivity index (χ1n) is 7.23. The lowest BCUT2D eigenvalue weighted by atomic mass is 9.99. The van der Waals surface area contributed by atoms with Crippen LogP contribution in [0.1, 0.15) is 13.3 Å². The van der Waals surface area contributed by atoms with Gasteiger partial charge in [-0.2, -0.15) is 0 Å². The maximum absolute atomic E-state index is 9.75. The van der Waals surface area contributed by atoms with Crippen LogP contribution in [-0.4, -0.2) is 75.6 Å². The van der Waals surface area contributed by atoms with Gasteiger partial charge in [-0.1, -0.05) is 17.9 Å². The van der Waals surface area contributed by atoms with Gasteiger partial charge in [-0.25, -0.2) is 0 Å². The average Bonchev–Trinajstić information content (AvgIpc) is 2.54. The van der Waals surface area contributed by atoms with Crippen molar-refractivity contribution in [1.29, 1.82) is 0 Å². The summed E-state index contributed by atoms with van der Waals surface area (Å²) >= 11 is 0. The predicted octanol–water partition coefficient (Wildman–Crippen LogP) is -1.86. The summed E-state index contributed by atoms with van der Waals surface area (Å²) in [6, 6.07) is 0. The van der Waals surface area contributed by atoms with Crippen molar-refractivity contribution in [3.05, 3.63) is 12.2 Å². The molecule has 0 aromatic rings. The number of allylic oxidation sites excluding steroid dienone is 2. The third-order valence-electron chi connectivity index (χ3n) is 3.15. The highest BCUT2D eigenvalue weighted by Crippen LogP contribution is 2.22. The van der Waals surface area contributed by atoms with E-state index in [-0.39, 0.29) is 13.0 Å². The maximum Gasteiger partial charge on any atom is 0.186 e. The number of ether oxygens (including phenoxy) is 2. The van der Waals surface area contributed by atoms with Gasteiger partial charge >= 0.3 is 0 Å². The summed E-state index contributed by atoms with van der Waals surface area (Å²) < 4.78 is 10.4. The number of aliphatic hydroxyl groups excluding tert-OH is 5. The average molecular weight is 326 g/mol. The molecule has 0 aromatic heterocycles. The number of rotatable bonds is 5. The van der Waals surface area contributed by atoms with Gasteiger partial charge < -0.3 is 35.0 Å². The van der Waals surface area contributed by atoms with E-state index in [0.29, 0.717) is 0 Å². The van der Waals surface area contributed by atoms with Gasteiger partial charge in [-0.3, -0.25) is 0 Å². The Labute approximate surface area is 135 Å². The lowest BCUT2D eigenvalue weighted by Gasteiger charge is -2.39. The Balaban J connectivity index is 2.41. The minimum atomic E-state index is -1.49. The largest absolute Gasteiger partial charge is 0.394 e. The van der Waals surface area contributed by atoms with Crippen molar-refractivity contribution in [2.45, 2.75) is 50.2 Å². The number of hydrogen-bond donors (Lipinski definition) is 5. The number of hydrogen-bond acceptors (Lipinski definition) is 7. The summed E-state index contributed by atoms with van der Waals surface area (Å²) in [5, 5.41) is 47.6. The Kier molecular flexibility index (Phi) is 8.85. The van der Waals surface area contributed by atoms with Crippen LogP contribution in [0.3, 0.4) is 0 Å². The first-order valence-corrected chi connectivity index (χ1v) is 7.23. The second-order valence-electron chi connectivity index (χ2n) is 4.91. The van der Waals surface area contributed by atoms with E-state index < -0.39 is 43.4 Å². The standard InChI is InChI=1S/C16H22O7/c1-2-3-4-5-6-7-11(18)8-9-22-16-15(21)14(20)13(19)12(10-17)23-16/h2-3,11-21H,8-10H2,1H3/b3-2+/t11-,12-,13-,14+,15-,16-/m0/s1. The maximum atomic E-state index is 9.75. The molecular formula is C16H22O7. The molecule has 128 valence electrons. The smallest absolute Gasteiger partial charge is 0.186 e. The van der Waals surface area contributed by atoms with Crippen LogP contribution >= 0.6 is 0 Å². The molecule has 0 radical (unpaired) electrons. The van der Waals surface area contributed by atoms with Gasteiger partial charge in [0.25, 0.3) is 0 Å². The van der Waals surface area contributed by atoms with Crippen LogP contribution in [0.25, 0.3) is 0 Å². The molecule has 7 heteroatoms. The van der Waals surface area contributed by atoms with Crippen molar-refractivity contribution in [3.63, 3.8) is 0 Å². The molecule has 1 fully saturated rings. The Morgan fingerprint density at radius 3 is 2.57 bits per heavy atom. The van der Waals surface area contributed by atoms with Crippen molar-refractivity contribution in [2.24, 2.45) is 0 Å². The molecule has 0 spiro atoms. The minimum absolute atomic E-state index is 0.000822. The van der Waals surface area contributed by atoms with E-state index in [4.69, 9.17) is 14.6 Å². The normalized spacial score (nSPS) is 31.8. The van der Waals surface area contributed by atoms with Crippen molar-refractivity contribution in [3.8, 4) is 23.7 Å². The van der Waals surface area contributed by atoms with E-state index in [9.17, 15) is 20.4 Å². The molecule has 1 aliphatic heterocycles. The zero-order valence-corrected chi connectivity index (χ0v) is 12.8. The van der Waals surface area contributed by atoms with Crippen LogP contribution in [0, 0.1) is 23.7 Å². The van der Waals surface area contributed by atoms with Crippen LogP contribution in [-0.2, 0) is 9.47 Å². The lowest BCUT2D eigenvalue weighted by molar-refractivity contribution is -0.301. The SMILES string of the molecule is C/C=C/C#CC#C[C@H](O)CCO[C@H]1O[C@@H](CO)[C@H](O)[C@@H](O)[C@@H]1O. The summed E-state index contributed by atoms with van der Waals surface area (Å²) in [5.41, 5.74) is 0. The molecule has 0 bridgehead atoms. The molecular weight excluding hydrogens is 304 g/mol. The molecule has 0 unspecified atom stereocenters. The highest BCUT2D eigenvalue weighted by atomic mass is 16.7. The summed E-state index contributed by atoms with van der Waals surface area (Å²) in [6.07, 6.45) is -4.02. The van der Waals surface area contributed by atoms with Crippen molar-refractivity contribution in [1.82, 2.24) is 0 Å². The molecule has 23 heavy (non-hydrogen) atoms. The van der Waals surface area contributed by atoms with E-state index in [2.05, 4.69) is 23.7 Å². The minimum Gasteiger partial charge on any atom is -0.394 e. The van der Waals surface area contributed by atoms with Gasteiger partial charge in [-0.05, 0) is 24.8 Å². The fourth-order valence-electron chi connectivity index (χ4n) is 1.85. The van der Waals surface area contributed by atoms with Crippen LogP contribution in [0.2, 0.25) is 0 Å². The van der Waals surface area contributed by atoms with Crippen LogP contribution in [0.15, 0.2) is 12.2 Å². The third-order valence-corrected chi connectivity index (χ3v) is 3.15. The molecule has 0 aliphatic carbocycles. The summed E-state index contributed by atoms with van der Waals surface area (Å²) in [4.78, 5) is 0. The van der Waals surface area contributed by atoms with Crippen LogP contribution in [0.5, 0.6) is 0 Å². The Morgan fingerprint density at radius 2 is 1.91 bits per heavy atom. The van der Waals surface area contributed by atoms with Crippen LogP contribution in [0.4, 0.5) is 0 Å². The van der Waals surface area contributed by atoms with Gasteiger partial charge in [0.05, 0.1) is 13.2 Å². The van der Waals surface area contributed by atoms with E-state index in [1.165, 1.54) is 0 Å². The van der Waals surface area contributed by atoms with Crippen LogP contribution < -0.4 is 0 Å². The fraction of sp³-hybridized carbons (Fsp3) is 0.625. The Bertz CT molecular complexity index is 494. The second kappa shape index (κ2) is 10.4. The van der Waals surface area contributed by atoms with Crippen molar-refractivity contribution < 1.29 is 35.0 Å². The molecule has 0 amide bonds. The molecule has 1 aliphatic rings. The van der Waals surface area contributed by atoms with Gasteiger partial charge in [0, 0.05) is 6.42 Å². The molecule has 1 saturated heterocycles. The van der Waals surface area contributed by atoms with E-state index >= 15 is 0 Å². The summed E-state index contributed by atoms with van der Waals surface area (Å²) in [5.74, 6) is 10.2. The van der Waals surface area contributed by atoms with Gasteiger partial charge in [0.2, 0.25) is 0 Å². The van der Waals surface area contributed by atoms with E-state index in [1.54, 1.807) is 12.2 Å². The summed E-state index contributed by atoms with van der Waals surface area (Å²) in [7, 11) is 0. The first kappa shape index (κ1) is 19.6. The van der Waals surface area contributed by atoms with Gasteiger partial charge in [0.1, 0.15) is 30.5 Å². The molecule has 7 nitrogen and oxygen atoms in total. The Morgan fingerprint density at radius 1 is 1.17 bits per heavy atom. The molecule has 5 N–H and O–H groups in total. The molecule has 1 rings (SSSR count). The zero-order valence-electron chi connectivity index (χ0n) is 12.8. The van der Waals surface area contributed by atoms with Crippen molar-refractivity contribution in [2.75, 3.05) is 13.2 Å². The molecule has 0 saturated carbocycles. The first-order chi connectivity index (χ1) is 11.0. The summed E-state index contributed by atoms with van der Waals surface area (Å²) in [6.45, 7) is 1.30. The quantitative estimate of drug-likeness (QED) is 0.376. The van der Waals surface area contributed by atoms with Crippen molar-refractivity contribution >= 4 is 0 Å².